The summed E-state index contributed by atoms with van der Waals surface area (Å²) in [4.78, 5) is 0. The number of nitriles is 1. The molecule has 0 aliphatic carbocycles. The quantitative estimate of drug-likeness (QED) is 0.794. The fourth-order valence-corrected chi connectivity index (χ4v) is 2.45. The maximum Gasteiger partial charge on any atom is 0.196 e. The molecule has 0 amide bonds. The fourth-order valence-electron chi connectivity index (χ4n) is 1.73. The molecule has 0 spiro atoms. The predicted octanol–water partition coefficient (Wildman–Crippen LogP) is 2.89. The third-order valence-electron chi connectivity index (χ3n) is 2.59. The average molecular weight is 258 g/mol. The van der Waals surface area contributed by atoms with Gasteiger partial charge >= 0.3 is 0 Å². The van der Waals surface area contributed by atoms with E-state index in [1.54, 1.807) is 6.33 Å². The van der Waals surface area contributed by atoms with Crippen LogP contribution in [0.25, 0.3) is 5.69 Å². The Labute approximate surface area is 111 Å². The molecule has 0 fully saturated rings. The van der Waals surface area contributed by atoms with E-state index in [9.17, 15) is 0 Å². The highest BCUT2D eigenvalue weighted by molar-refractivity contribution is 8.00. The minimum atomic E-state index is -0.140. The SMILES string of the molecule is Cc1ccc(-n2cnnc2S[C@H](C)C#N)c(C)c1. The summed E-state index contributed by atoms with van der Waals surface area (Å²) >= 11 is 1.41. The Bertz CT molecular complexity index is 597. The largest absolute Gasteiger partial charge is 0.276 e. The predicted molar refractivity (Wildman–Crippen MR) is 71.8 cm³/mol. The number of rotatable bonds is 3. The molecule has 0 aliphatic heterocycles. The molecule has 1 atom stereocenters. The van der Waals surface area contributed by atoms with E-state index in [-0.39, 0.29) is 5.25 Å². The normalized spacial score (nSPS) is 12.1. The highest BCUT2D eigenvalue weighted by atomic mass is 32.2. The van der Waals surface area contributed by atoms with Crippen LogP contribution in [0.2, 0.25) is 0 Å². The van der Waals surface area contributed by atoms with Crippen molar-refractivity contribution >= 4 is 11.8 Å². The van der Waals surface area contributed by atoms with Gasteiger partial charge in [0, 0.05) is 0 Å². The summed E-state index contributed by atoms with van der Waals surface area (Å²) < 4.78 is 1.92. The lowest BCUT2D eigenvalue weighted by Gasteiger charge is -2.10. The molecule has 0 bridgehead atoms. The van der Waals surface area contributed by atoms with Crippen molar-refractivity contribution in [3.05, 3.63) is 35.7 Å². The van der Waals surface area contributed by atoms with Gasteiger partial charge < -0.3 is 0 Å². The standard InChI is InChI=1S/C13H14N4S/c1-9-4-5-12(10(2)6-9)17-8-15-16-13(17)18-11(3)7-14/h4-6,8,11H,1-3H3/t11-/m1/s1. The molecule has 1 aromatic heterocycles. The Balaban J connectivity index is 2.40. The smallest absolute Gasteiger partial charge is 0.196 e. The van der Waals surface area contributed by atoms with Crippen LogP contribution in [0, 0.1) is 25.2 Å². The van der Waals surface area contributed by atoms with Crippen LogP contribution in [0.5, 0.6) is 0 Å². The van der Waals surface area contributed by atoms with Gasteiger partial charge in [-0.2, -0.15) is 5.26 Å². The number of hydrogen-bond acceptors (Lipinski definition) is 4. The van der Waals surface area contributed by atoms with Crippen LogP contribution in [0.15, 0.2) is 29.7 Å². The van der Waals surface area contributed by atoms with Gasteiger partial charge in [0.2, 0.25) is 0 Å². The van der Waals surface area contributed by atoms with E-state index in [1.807, 2.05) is 11.5 Å². The molecule has 5 heteroatoms. The summed E-state index contributed by atoms with van der Waals surface area (Å²) in [5.74, 6) is 0. The summed E-state index contributed by atoms with van der Waals surface area (Å²) in [6.45, 7) is 5.98. The van der Waals surface area contributed by atoms with Crippen molar-refractivity contribution in [1.82, 2.24) is 14.8 Å². The highest BCUT2D eigenvalue weighted by Crippen LogP contribution is 2.25. The van der Waals surface area contributed by atoms with E-state index in [0.717, 1.165) is 10.8 Å². The maximum atomic E-state index is 8.86. The Morgan fingerprint density at radius 1 is 1.39 bits per heavy atom. The number of thioether (sulfide) groups is 1. The molecule has 0 aliphatic rings. The van der Waals surface area contributed by atoms with Gasteiger partial charge in [-0.05, 0) is 32.4 Å². The molecule has 0 radical (unpaired) electrons. The molecule has 18 heavy (non-hydrogen) atoms. The first-order valence-electron chi connectivity index (χ1n) is 5.65. The molecule has 2 aromatic rings. The van der Waals surface area contributed by atoms with Crippen LogP contribution in [0.1, 0.15) is 18.1 Å². The maximum absolute atomic E-state index is 8.86. The zero-order valence-corrected chi connectivity index (χ0v) is 11.4. The molecule has 0 saturated carbocycles. The number of hydrogen-bond donors (Lipinski definition) is 0. The number of nitrogens with zero attached hydrogens (tertiary/aromatic N) is 4. The lowest BCUT2D eigenvalue weighted by molar-refractivity contribution is 0.875. The zero-order valence-electron chi connectivity index (χ0n) is 10.6. The van der Waals surface area contributed by atoms with E-state index in [4.69, 9.17) is 5.26 Å². The van der Waals surface area contributed by atoms with Crippen molar-refractivity contribution in [3.8, 4) is 11.8 Å². The van der Waals surface area contributed by atoms with Gasteiger partial charge in [0.15, 0.2) is 5.16 Å². The Kier molecular flexibility index (Phi) is 3.68. The van der Waals surface area contributed by atoms with Crippen LogP contribution >= 0.6 is 11.8 Å². The Morgan fingerprint density at radius 3 is 2.83 bits per heavy atom. The molecular formula is C13H14N4S. The monoisotopic (exact) mass is 258 g/mol. The molecule has 2 rings (SSSR count). The molecule has 0 saturated heterocycles. The first-order chi connectivity index (χ1) is 8.61. The number of aryl methyl sites for hydroxylation is 2. The summed E-state index contributed by atoms with van der Waals surface area (Å²) in [6.07, 6.45) is 1.68. The van der Waals surface area contributed by atoms with Crippen molar-refractivity contribution < 1.29 is 0 Å². The van der Waals surface area contributed by atoms with Gasteiger partial charge in [0.05, 0.1) is 17.0 Å². The summed E-state index contributed by atoms with van der Waals surface area (Å²) in [5.41, 5.74) is 3.45. The van der Waals surface area contributed by atoms with Crippen molar-refractivity contribution in [1.29, 1.82) is 5.26 Å². The minimum Gasteiger partial charge on any atom is -0.276 e. The number of benzene rings is 1. The molecule has 0 unspecified atom stereocenters. The number of aromatic nitrogens is 3. The lowest BCUT2D eigenvalue weighted by atomic mass is 10.1. The van der Waals surface area contributed by atoms with Gasteiger partial charge in [0.1, 0.15) is 6.33 Å². The van der Waals surface area contributed by atoms with Crippen molar-refractivity contribution in [3.63, 3.8) is 0 Å². The first kappa shape index (κ1) is 12.7. The molecule has 4 nitrogen and oxygen atoms in total. The van der Waals surface area contributed by atoms with Crippen LogP contribution in [-0.4, -0.2) is 20.0 Å². The van der Waals surface area contributed by atoms with E-state index in [2.05, 4.69) is 48.3 Å². The molecule has 92 valence electrons. The lowest BCUT2D eigenvalue weighted by Crippen LogP contribution is -2.01. The van der Waals surface area contributed by atoms with Gasteiger partial charge in [0.25, 0.3) is 0 Å². The molecular weight excluding hydrogens is 244 g/mol. The van der Waals surface area contributed by atoms with Crippen LogP contribution in [0.4, 0.5) is 0 Å². The fraction of sp³-hybridized carbons (Fsp3) is 0.308. The topological polar surface area (TPSA) is 54.5 Å². The molecule has 1 heterocycles. The van der Waals surface area contributed by atoms with Crippen LogP contribution in [0.3, 0.4) is 0 Å². The van der Waals surface area contributed by atoms with E-state index >= 15 is 0 Å². The second-order valence-corrected chi connectivity index (χ2v) is 5.47. The van der Waals surface area contributed by atoms with E-state index < -0.39 is 0 Å². The van der Waals surface area contributed by atoms with Gasteiger partial charge in [-0.25, -0.2) is 0 Å². The minimum absolute atomic E-state index is 0.140. The molecule has 0 N–H and O–H groups in total. The zero-order chi connectivity index (χ0) is 13.1. The van der Waals surface area contributed by atoms with Gasteiger partial charge in [-0.1, -0.05) is 29.5 Å². The third kappa shape index (κ3) is 2.54. The highest BCUT2D eigenvalue weighted by Gasteiger charge is 2.12. The van der Waals surface area contributed by atoms with Crippen LogP contribution < -0.4 is 0 Å². The second-order valence-electron chi connectivity index (χ2n) is 4.16. The van der Waals surface area contributed by atoms with Gasteiger partial charge in [-0.15, -0.1) is 10.2 Å². The van der Waals surface area contributed by atoms with Crippen LogP contribution in [-0.2, 0) is 0 Å². The summed E-state index contributed by atoms with van der Waals surface area (Å²) in [5, 5.41) is 17.5. The van der Waals surface area contributed by atoms with Crippen molar-refractivity contribution in [2.45, 2.75) is 31.2 Å². The van der Waals surface area contributed by atoms with E-state index in [0.29, 0.717) is 0 Å². The van der Waals surface area contributed by atoms with E-state index in [1.165, 1.54) is 22.9 Å². The first-order valence-corrected chi connectivity index (χ1v) is 6.53. The Hall–Kier alpha value is -1.80. The van der Waals surface area contributed by atoms with Gasteiger partial charge in [-0.3, -0.25) is 4.57 Å². The molecule has 1 aromatic carbocycles. The third-order valence-corrected chi connectivity index (χ3v) is 3.54. The van der Waals surface area contributed by atoms with Crippen molar-refractivity contribution in [2.75, 3.05) is 0 Å². The average Bonchev–Trinajstić information content (AvgIpc) is 2.77. The van der Waals surface area contributed by atoms with Crippen molar-refractivity contribution in [2.24, 2.45) is 0 Å². The summed E-state index contributed by atoms with van der Waals surface area (Å²) in [6, 6.07) is 8.42. The second kappa shape index (κ2) is 5.23. The Morgan fingerprint density at radius 2 is 2.17 bits per heavy atom. The summed E-state index contributed by atoms with van der Waals surface area (Å²) in [7, 11) is 0.